The second kappa shape index (κ2) is 7.82. The van der Waals surface area contributed by atoms with Crippen molar-refractivity contribution in [2.24, 2.45) is 23.2 Å². The molecule has 27 heavy (non-hydrogen) atoms. The SMILES string of the molecule is O=C(CNC(=O)C12CC3CC(CC(C3)C1)C2)OCCSc1ccccc1F. The Bertz CT molecular complexity index is 688. The molecule has 4 aliphatic carbocycles. The minimum atomic E-state index is -0.429. The number of carbonyl (C=O) groups excluding carboxylic acids is 2. The first-order valence-electron chi connectivity index (χ1n) is 9.85. The largest absolute Gasteiger partial charge is 0.463 e. The van der Waals surface area contributed by atoms with E-state index in [0.717, 1.165) is 19.3 Å². The Kier molecular flexibility index (Phi) is 5.44. The maximum absolute atomic E-state index is 13.5. The summed E-state index contributed by atoms with van der Waals surface area (Å²) < 4.78 is 18.7. The third kappa shape index (κ3) is 4.15. The van der Waals surface area contributed by atoms with Gasteiger partial charge >= 0.3 is 5.97 Å². The maximum atomic E-state index is 13.5. The summed E-state index contributed by atoms with van der Waals surface area (Å²) in [5, 5.41) is 2.83. The molecule has 4 aliphatic rings. The monoisotopic (exact) mass is 391 g/mol. The Hall–Kier alpha value is -1.56. The molecule has 0 unspecified atom stereocenters. The Balaban J connectivity index is 1.18. The number of thioether (sulfide) groups is 1. The number of hydrogen-bond donors (Lipinski definition) is 1. The minimum Gasteiger partial charge on any atom is -0.463 e. The summed E-state index contributed by atoms with van der Waals surface area (Å²) in [6.45, 7) is 0.121. The summed E-state index contributed by atoms with van der Waals surface area (Å²) in [4.78, 5) is 25.3. The van der Waals surface area contributed by atoms with Crippen LogP contribution >= 0.6 is 11.8 Å². The highest BCUT2D eigenvalue weighted by Gasteiger charge is 2.54. The molecule has 4 bridgehead atoms. The first-order chi connectivity index (χ1) is 13.0. The Morgan fingerprint density at radius 1 is 1.11 bits per heavy atom. The predicted octanol–water partition coefficient (Wildman–Crippen LogP) is 3.79. The molecular weight excluding hydrogens is 365 g/mol. The van der Waals surface area contributed by atoms with E-state index in [1.54, 1.807) is 18.2 Å². The molecule has 1 N–H and O–H groups in total. The van der Waals surface area contributed by atoms with Crippen molar-refractivity contribution in [1.29, 1.82) is 0 Å². The number of amides is 1. The minimum absolute atomic E-state index is 0.0410. The summed E-state index contributed by atoms with van der Waals surface area (Å²) in [7, 11) is 0. The van der Waals surface area contributed by atoms with E-state index in [9.17, 15) is 14.0 Å². The highest BCUT2D eigenvalue weighted by atomic mass is 32.2. The van der Waals surface area contributed by atoms with Crippen LogP contribution in [0.2, 0.25) is 0 Å². The van der Waals surface area contributed by atoms with Gasteiger partial charge in [0, 0.05) is 16.1 Å². The van der Waals surface area contributed by atoms with Gasteiger partial charge in [-0.2, -0.15) is 0 Å². The molecule has 0 saturated heterocycles. The molecule has 0 atom stereocenters. The van der Waals surface area contributed by atoms with Crippen molar-refractivity contribution in [3.63, 3.8) is 0 Å². The summed E-state index contributed by atoms with van der Waals surface area (Å²) in [5.41, 5.74) is -0.240. The topological polar surface area (TPSA) is 55.4 Å². The molecule has 0 spiro atoms. The zero-order valence-corrected chi connectivity index (χ0v) is 16.2. The average molecular weight is 392 g/mol. The molecule has 4 saturated carbocycles. The Labute approximate surface area is 163 Å². The fourth-order valence-electron chi connectivity index (χ4n) is 5.65. The standard InChI is InChI=1S/C21H26FNO3S/c22-17-3-1-2-4-18(17)27-6-5-26-19(24)13-23-20(25)21-10-14-7-15(11-21)9-16(8-14)12-21/h1-4,14-16H,5-13H2,(H,23,25). The van der Waals surface area contributed by atoms with Crippen molar-refractivity contribution < 1.29 is 18.7 Å². The van der Waals surface area contributed by atoms with Crippen LogP contribution in [0.15, 0.2) is 29.2 Å². The van der Waals surface area contributed by atoms with E-state index in [0.29, 0.717) is 28.4 Å². The van der Waals surface area contributed by atoms with E-state index in [1.165, 1.54) is 37.1 Å². The highest BCUT2D eigenvalue weighted by Crippen LogP contribution is 2.60. The Morgan fingerprint density at radius 2 is 1.74 bits per heavy atom. The molecule has 4 nitrogen and oxygen atoms in total. The van der Waals surface area contributed by atoms with Crippen LogP contribution in [0.5, 0.6) is 0 Å². The van der Waals surface area contributed by atoms with Gasteiger partial charge in [0.05, 0.1) is 0 Å². The molecule has 146 valence electrons. The first kappa shape index (κ1) is 18.8. The van der Waals surface area contributed by atoms with Gasteiger partial charge in [0.15, 0.2) is 0 Å². The number of benzene rings is 1. The number of halogens is 1. The fraction of sp³-hybridized carbons (Fsp3) is 0.619. The van der Waals surface area contributed by atoms with Crippen molar-refractivity contribution in [1.82, 2.24) is 5.32 Å². The summed E-state index contributed by atoms with van der Waals surface area (Å²) >= 11 is 1.31. The van der Waals surface area contributed by atoms with Crippen LogP contribution < -0.4 is 5.32 Å². The van der Waals surface area contributed by atoms with Gasteiger partial charge in [-0.3, -0.25) is 9.59 Å². The zero-order chi connectivity index (χ0) is 18.9. The quantitative estimate of drug-likeness (QED) is 0.436. The van der Waals surface area contributed by atoms with Crippen molar-refractivity contribution >= 4 is 23.6 Å². The number of esters is 1. The second-order valence-corrected chi connectivity index (χ2v) is 9.52. The lowest BCUT2D eigenvalue weighted by Crippen LogP contribution is -2.54. The van der Waals surface area contributed by atoms with Crippen LogP contribution in [0.25, 0.3) is 0 Å². The van der Waals surface area contributed by atoms with Gasteiger partial charge in [0.25, 0.3) is 0 Å². The average Bonchev–Trinajstić information content (AvgIpc) is 2.63. The van der Waals surface area contributed by atoms with Crippen LogP contribution in [0.3, 0.4) is 0 Å². The van der Waals surface area contributed by atoms with E-state index >= 15 is 0 Å². The van der Waals surface area contributed by atoms with Crippen molar-refractivity contribution in [3.05, 3.63) is 30.1 Å². The molecule has 4 fully saturated rings. The van der Waals surface area contributed by atoms with Crippen molar-refractivity contribution in [2.75, 3.05) is 18.9 Å². The molecule has 0 aromatic heterocycles. The summed E-state index contributed by atoms with van der Waals surface area (Å²) in [5.74, 6) is 1.92. The number of ether oxygens (including phenoxy) is 1. The third-order valence-electron chi connectivity index (χ3n) is 6.35. The van der Waals surface area contributed by atoms with E-state index in [1.807, 2.05) is 0 Å². The maximum Gasteiger partial charge on any atom is 0.325 e. The summed E-state index contributed by atoms with van der Waals surface area (Å²) in [6.07, 6.45) is 6.81. The number of rotatable bonds is 7. The van der Waals surface area contributed by atoms with Gasteiger partial charge < -0.3 is 10.1 Å². The molecule has 1 amide bonds. The lowest BCUT2D eigenvalue weighted by molar-refractivity contribution is -0.150. The lowest BCUT2D eigenvalue weighted by Gasteiger charge is -2.55. The molecule has 1 aromatic rings. The molecule has 5 rings (SSSR count). The molecule has 0 radical (unpaired) electrons. The fourth-order valence-corrected chi connectivity index (χ4v) is 6.42. The molecule has 6 heteroatoms. The Morgan fingerprint density at radius 3 is 2.37 bits per heavy atom. The normalized spacial score (nSPS) is 30.9. The second-order valence-electron chi connectivity index (χ2n) is 8.38. The van der Waals surface area contributed by atoms with Crippen LogP contribution in [0.1, 0.15) is 38.5 Å². The molecule has 0 heterocycles. The molecule has 1 aromatic carbocycles. The van der Waals surface area contributed by atoms with Gasteiger partial charge in [-0.15, -0.1) is 11.8 Å². The van der Waals surface area contributed by atoms with E-state index < -0.39 is 5.97 Å². The molecule has 0 aliphatic heterocycles. The number of hydrogen-bond acceptors (Lipinski definition) is 4. The van der Waals surface area contributed by atoms with E-state index in [-0.39, 0.29) is 30.3 Å². The van der Waals surface area contributed by atoms with Crippen molar-refractivity contribution in [3.8, 4) is 0 Å². The first-order valence-corrected chi connectivity index (χ1v) is 10.8. The van der Waals surface area contributed by atoms with Crippen LogP contribution in [-0.4, -0.2) is 30.8 Å². The molecular formula is C21H26FNO3S. The van der Waals surface area contributed by atoms with Crippen LogP contribution in [0.4, 0.5) is 4.39 Å². The van der Waals surface area contributed by atoms with Gasteiger partial charge in [-0.1, -0.05) is 12.1 Å². The number of nitrogens with one attached hydrogen (secondary N) is 1. The number of carbonyl (C=O) groups is 2. The van der Waals surface area contributed by atoms with Crippen LogP contribution in [0, 0.1) is 29.0 Å². The van der Waals surface area contributed by atoms with Crippen LogP contribution in [-0.2, 0) is 14.3 Å². The zero-order valence-electron chi connectivity index (χ0n) is 15.4. The smallest absolute Gasteiger partial charge is 0.325 e. The highest BCUT2D eigenvalue weighted by molar-refractivity contribution is 7.99. The lowest BCUT2D eigenvalue weighted by atomic mass is 9.49. The van der Waals surface area contributed by atoms with Crippen molar-refractivity contribution in [2.45, 2.75) is 43.4 Å². The van der Waals surface area contributed by atoms with E-state index in [4.69, 9.17) is 4.74 Å². The van der Waals surface area contributed by atoms with E-state index in [2.05, 4.69) is 5.32 Å². The van der Waals surface area contributed by atoms with Gasteiger partial charge in [0.2, 0.25) is 5.91 Å². The van der Waals surface area contributed by atoms with Gasteiger partial charge in [0.1, 0.15) is 19.0 Å². The summed E-state index contributed by atoms with van der Waals surface area (Å²) in [6, 6.07) is 6.53. The van der Waals surface area contributed by atoms with Gasteiger partial charge in [-0.25, -0.2) is 4.39 Å². The predicted molar refractivity (Wildman–Crippen MR) is 102 cm³/mol. The van der Waals surface area contributed by atoms with Gasteiger partial charge in [-0.05, 0) is 68.4 Å². The third-order valence-corrected chi connectivity index (χ3v) is 7.37.